The van der Waals surface area contributed by atoms with Gasteiger partial charge in [0.25, 0.3) is 0 Å². The lowest BCUT2D eigenvalue weighted by Crippen LogP contribution is -1.96. The molecule has 0 spiro atoms. The van der Waals surface area contributed by atoms with Crippen molar-refractivity contribution >= 4 is 11.5 Å². The molecule has 1 aliphatic rings. The summed E-state index contributed by atoms with van der Waals surface area (Å²) in [5.74, 6) is 0. The minimum Gasteiger partial charge on any atom is -0.201 e. The van der Waals surface area contributed by atoms with Gasteiger partial charge in [-0.3, -0.25) is 0 Å². The van der Waals surface area contributed by atoms with Crippen LogP contribution in [-0.4, -0.2) is 4.37 Å². The Morgan fingerprint density at radius 3 is 3.11 bits per heavy atom. The van der Waals surface area contributed by atoms with Crippen molar-refractivity contribution in [2.75, 3.05) is 0 Å². The van der Waals surface area contributed by atoms with Crippen molar-refractivity contribution in [2.24, 2.45) is 0 Å². The Balaban J connectivity index is 2.39. The molecule has 0 atom stereocenters. The molecule has 1 aromatic heterocycles. The molecule has 0 bridgehead atoms. The van der Waals surface area contributed by atoms with Gasteiger partial charge in [0.15, 0.2) is 0 Å². The molecule has 0 saturated heterocycles. The maximum Gasteiger partial charge on any atom is 0.0441 e. The molecule has 1 aromatic rings. The highest BCUT2D eigenvalue weighted by Gasteiger charge is 2.09. The van der Waals surface area contributed by atoms with E-state index in [2.05, 4.69) is 4.37 Å². The Labute approximate surface area is 58.9 Å². The summed E-state index contributed by atoms with van der Waals surface area (Å²) in [5.41, 5.74) is 1.51. The minimum absolute atomic E-state index is 1.27. The molecule has 0 aromatic carbocycles. The van der Waals surface area contributed by atoms with E-state index in [1.54, 1.807) is 11.5 Å². The number of fused-ring (bicyclic) bond motifs is 1. The first-order chi connectivity index (χ1) is 4.47. The van der Waals surface area contributed by atoms with Crippen molar-refractivity contribution in [1.82, 2.24) is 4.37 Å². The van der Waals surface area contributed by atoms with Crippen molar-refractivity contribution in [3.05, 3.63) is 16.6 Å². The summed E-state index contributed by atoms with van der Waals surface area (Å²) in [6, 6.07) is 0. The highest BCUT2D eigenvalue weighted by molar-refractivity contribution is 7.05. The van der Waals surface area contributed by atoms with Crippen LogP contribution in [0.3, 0.4) is 0 Å². The topological polar surface area (TPSA) is 12.9 Å². The molecule has 9 heavy (non-hydrogen) atoms. The number of rotatable bonds is 0. The van der Waals surface area contributed by atoms with Gasteiger partial charge in [0.2, 0.25) is 0 Å². The maximum atomic E-state index is 4.15. The Morgan fingerprint density at radius 1 is 1.33 bits per heavy atom. The standard InChI is InChI=1S/C7H9NS/c1-2-4-7-6(3-1)5-8-9-7/h5H,1-4H2. The van der Waals surface area contributed by atoms with Gasteiger partial charge in [-0.2, -0.15) is 0 Å². The van der Waals surface area contributed by atoms with Crippen LogP contribution in [0, 0.1) is 0 Å². The molecular formula is C7H9NS. The van der Waals surface area contributed by atoms with Gasteiger partial charge in [-0.25, -0.2) is 4.37 Å². The Hall–Kier alpha value is -0.370. The summed E-state index contributed by atoms with van der Waals surface area (Å²) in [7, 11) is 0. The van der Waals surface area contributed by atoms with E-state index in [9.17, 15) is 0 Å². The molecule has 0 fully saturated rings. The fourth-order valence-electron chi connectivity index (χ4n) is 1.30. The minimum atomic E-state index is 1.27. The van der Waals surface area contributed by atoms with Gasteiger partial charge in [0.05, 0.1) is 0 Å². The zero-order valence-corrected chi connectivity index (χ0v) is 6.08. The van der Waals surface area contributed by atoms with E-state index in [0.717, 1.165) is 0 Å². The summed E-state index contributed by atoms with van der Waals surface area (Å²) in [6.45, 7) is 0. The second-order valence-corrected chi connectivity index (χ2v) is 3.37. The smallest absolute Gasteiger partial charge is 0.0441 e. The monoisotopic (exact) mass is 139 g/mol. The zero-order valence-electron chi connectivity index (χ0n) is 5.26. The summed E-state index contributed by atoms with van der Waals surface area (Å²) in [5, 5.41) is 0. The van der Waals surface area contributed by atoms with Crippen LogP contribution in [-0.2, 0) is 12.8 Å². The molecular weight excluding hydrogens is 130 g/mol. The van der Waals surface area contributed by atoms with Gasteiger partial charge in [-0.15, -0.1) is 0 Å². The molecule has 48 valence electrons. The van der Waals surface area contributed by atoms with Gasteiger partial charge in [-0.05, 0) is 42.8 Å². The van der Waals surface area contributed by atoms with Crippen molar-refractivity contribution in [3.63, 3.8) is 0 Å². The molecule has 0 amide bonds. The lowest BCUT2D eigenvalue weighted by atomic mass is 10.0. The summed E-state index contributed by atoms with van der Waals surface area (Å²) in [6.07, 6.45) is 7.31. The average Bonchev–Trinajstić information content (AvgIpc) is 2.33. The summed E-state index contributed by atoms with van der Waals surface area (Å²) < 4.78 is 4.15. The largest absolute Gasteiger partial charge is 0.201 e. The lowest BCUT2D eigenvalue weighted by Gasteiger charge is -2.07. The van der Waals surface area contributed by atoms with E-state index in [-0.39, 0.29) is 0 Å². The van der Waals surface area contributed by atoms with Gasteiger partial charge in [-0.1, -0.05) is 0 Å². The van der Waals surface area contributed by atoms with Crippen molar-refractivity contribution in [3.8, 4) is 0 Å². The fraction of sp³-hybridized carbons (Fsp3) is 0.571. The number of aryl methyl sites for hydroxylation is 2. The average molecular weight is 139 g/mol. The van der Waals surface area contributed by atoms with E-state index in [0.29, 0.717) is 0 Å². The number of aromatic nitrogens is 1. The normalized spacial score (nSPS) is 17.3. The zero-order chi connectivity index (χ0) is 6.10. The van der Waals surface area contributed by atoms with Crippen LogP contribution in [0.15, 0.2) is 6.20 Å². The Bertz CT molecular complexity index is 184. The molecule has 0 N–H and O–H groups in total. The first-order valence-electron chi connectivity index (χ1n) is 3.39. The Morgan fingerprint density at radius 2 is 2.22 bits per heavy atom. The van der Waals surface area contributed by atoms with Gasteiger partial charge in [0.1, 0.15) is 0 Å². The molecule has 0 radical (unpaired) electrons. The van der Waals surface area contributed by atoms with Crippen molar-refractivity contribution in [2.45, 2.75) is 25.7 Å². The van der Waals surface area contributed by atoms with E-state index >= 15 is 0 Å². The lowest BCUT2D eigenvalue weighted by molar-refractivity contribution is 0.696. The van der Waals surface area contributed by atoms with E-state index in [1.807, 2.05) is 6.20 Å². The number of hydrogen-bond donors (Lipinski definition) is 0. The van der Waals surface area contributed by atoms with Crippen LogP contribution < -0.4 is 0 Å². The predicted octanol–water partition coefficient (Wildman–Crippen LogP) is 2.02. The molecule has 1 aliphatic carbocycles. The van der Waals surface area contributed by atoms with Gasteiger partial charge in [0, 0.05) is 11.1 Å². The Kier molecular flexibility index (Phi) is 1.27. The third-order valence-electron chi connectivity index (χ3n) is 1.83. The molecule has 0 unspecified atom stereocenters. The van der Waals surface area contributed by atoms with Crippen molar-refractivity contribution in [1.29, 1.82) is 0 Å². The predicted molar refractivity (Wildman–Crippen MR) is 38.8 cm³/mol. The summed E-state index contributed by atoms with van der Waals surface area (Å²) >= 11 is 1.68. The molecule has 2 heteroatoms. The SMILES string of the molecule is c1nsc2c1CCCC2. The first-order valence-corrected chi connectivity index (χ1v) is 4.16. The molecule has 1 nitrogen and oxygen atoms in total. The highest BCUT2D eigenvalue weighted by atomic mass is 32.1. The van der Waals surface area contributed by atoms with Crippen LogP contribution in [0.4, 0.5) is 0 Å². The number of nitrogens with zero attached hydrogens (tertiary/aromatic N) is 1. The maximum absolute atomic E-state index is 4.15. The molecule has 0 aliphatic heterocycles. The van der Waals surface area contributed by atoms with Crippen LogP contribution in [0.25, 0.3) is 0 Å². The second-order valence-electron chi connectivity index (χ2n) is 2.48. The highest BCUT2D eigenvalue weighted by Crippen LogP contribution is 2.23. The van der Waals surface area contributed by atoms with Gasteiger partial charge >= 0.3 is 0 Å². The first kappa shape index (κ1) is 5.42. The fourth-order valence-corrected chi connectivity index (χ4v) is 2.11. The van der Waals surface area contributed by atoms with E-state index in [1.165, 1.54) is 36.1 Å². The summed E-state index contributed by atoms with van der Waals surface area (Å²) in [4.78, 5) is 1.53. The molecule has 2 rings (SSSR count). The third kappa shape index (κ3) is 0.874. The van der Waals surface area contributed by atoms with Gasteiger partial charge < -0.3 is 0 Å². The third-order valence-corrected chi connectivity index (χ3v) is 2.73. The molecule has 0 saturated carbocycles. The van der Waals surface area contributed by atoms with Crippen LogP contribution in [0.5, 0.6) is 0 Å². The van der Waals surface area contributed by atoms with E-state index in [4.69, 9.17) is 0 Å². The van der Waals surface area contributed by atoms with Crippen molar-refractivity contribution < 1.29 is 0 Å². The van der Waals surface area contributed by atoms with Crippen LogP contribution in [0.2, 0.25) is 0 Å². The second kappa shape index (κ2) is 2.10. The number of hydrogen-bond acceptors (Lipinski definition) is 2. The quantitative estimate of drug-likeness (QED) is 0.536. The van der Waals surface area contributed by atoms with E-state index < -0.39 is 0 Å². The molecule has 1 heterocycles. The van der Waals surface area contributed by atoms with Crippen LogP contribution >= 0.6 is 11.5 Å². The van der Waals surface area contributed by atoms with Crippen LogP contribution in [0.1, 0.15) is 23.3 Å².